The second-order valence-corrected chi connectivity index (χ2v) is 5.10. The van der Waals surface area contributed by atoms with Crippen LogP contribution in [0.5, 0.6) is 0 Å². The summed E-state index contributed by atoms with van der Waals surface area (Å²) in [4.78, 5) is 34.6. The van der Waals surface area contributed by atoms with Gasteiger partial charge in [-0.25, -0.2) is 0 Å². The highest BCUT2D eigenvalue weighted by Gasteiger charge is 2.37. The normalized spacial score (nSPS) is 25.1. The van der Waals surface area contributed by atoms with Gasteiger partial charge in [-0.2, -0.15) is 0 Å². The van der Waals surface area contributed by atoms with E-state index in [2.05, 4.69) is 6.92 Å². The molecule has 0 amide bonds. The number of carbonyl (C=O) groups excluding carboxylic acids is 3. The van der Waals surface area contributed by atoms with Gasteiger partial charge in [0.1, 0.15) is 11.7 Å². The molecule has 0 bridgehead atoms. The third-order valence-corrected chi connectivity index (χ3v) is 3.50. The summed E-state index contributed by atoms with van der Waals surface area (Å²) in [5.74, 6) is -1.36. The minimum Gasteiger partial charge on any atom is -0.299 e. The molecule has 0 saturated heterocycles. The summed E-state index contributed by atoms with van der Waals surface area (Å²) in [6.45, 7) is 3.49. The second kappa shape index (κ2) is 6.67. The van der Waals surface area contributed by atoms with E-state index in [-0.39, 0.29) is 23.3 Å². The topological polar surface area (TPSA) is 51.2 Å². The average Bonchev–Trinajstić information content (AvgIpc) is 2.23. The first-order valence-electron chi connectivity index (χ1n) is 6.62. The fourth-order valence-electron chi connectivity index (χ4n) is 2.57. The number of hydrogen-bond acceptors (Lipinski definition) is 3. The van der Waals surface area contributed by atoms with Crippen molar-refractivity contribution in [3.05, 3.63) is 0 Å². The molecule has 1 saturated carbocycles. The first kappa shape index (κ1) is 14.1. The van der Waals surface area contributed by atoms with E-state index >= 15 is 0 Å². The Hall–Kier alpha value is -0.990. The maximum Gasteiger partial charge on any atom is 0.151 e. The van der Waals surface area contributed by atoms with Crippen LogP contribution < -0.4 is 0 Å². The highest BCUT2D eigenvalue weighted by Crippen LogP contribution is 2.28. The zero-order valence-corrected chi connectivity index (χ0v) is 10.8. The van der Waals surface area contributed by atoms with Crippen molar-refractivity contribution in [3.63, 3.8) is 0 Å². The van der Waals surface area contributed by atoms with Crippen LogP contribution in [-0.2, 0) is 14.4 Å². The van der Waals surface area contributed by atoms with Crippen molar-refractivity contribution in [1.29, 1.82) is 0 Å². The molecular weight excluding hydrogens is 216 g/mol. The van der Waals surface area contributed by atoms with E-state index in [1.165, 1.54) is 26.2 Å². The van der Waals surface area contributed by atoms with E-state index in [1.54, 1.807) is 0 Å². The Labute approximate surface area is 103 Å². The summed E-state index contributed by atoms with van der Waals surface area (Å²) < 4.78 is 0. The van der Waals surface area contributed by atoms with Gasteiger partial charge in [-0.1, -0.05) is 32.6 Å². The van der Waals surface area contributed by atoms with Crippen LogP contribution in [0.15, 0.2) is 0 Å². The third kappa shape index (κ3) is 4.06. The summed E-state index contributed by atoms with van der Waals surface area (Å²) in [5.41, 5.74) is 0. The van der Waals surface area contributed by atoms with Crippen molar-refractivity contribution in [2.24, 2.45) is 11.8 Å². The molecule has 0 N–H and O–H groups in total. The van der Waals surface area contributed by atoms with Crippen LogP contribution in [-0.4, -0.2) is 17.3 Å². The lowest BCUT2D eigenvalue weighted by Gasteiger charge is -2.24. The van der Waals surface area contributed by atoms with Gasteiger partial charge in [-0.15, -0.1) is 0 Å². The standard InChI is InChI=1S/C14H22O3/c1-3-4-5-6-7-11-8-12(16)14(10(2)15)13(17)9-11/h11,14H,3-9H2,1-2H3. The molecule has 17 heavy (non-hydrogen) atoms. The zero-order chi connectivity index (χ0) is 12.8. The summed E-state index contributed by atoms with van der Waals surface area (Å²) in [6, 6.07) is 0. The molecule has 0 spiro atoms. The molecule has 0 aromatic rings. The molecule has 1 aliphatic rings. The fourth-order valence-corrected chi connectivity index (χ4v) is 2.57. The van der Waals surface area contributed by atoms with Gasteiger partial charge in [-0.3, -0.25) is 14.4 Å². The Morgan fingerprint density at radius 3 is 2.18 bits per heavy atom. The van der Waals surface area contributed by atoms with Crippen LogP contribution in [0, 0.1) is 11.8 Å². The Kier molecular flexibility index (Phi) is 5.52. The van der Waals surface area contributed by atoms with Crippen molar-refractivity contribution < 1.29 is 14.4 Å². The van der Waals surface area contributed by atoms with Crippen molar-refractivity contribution in [3.8, 4) is 0 Å². The lowest BCUT2D eigenvalue weighted by Crippen LogP contribution is -2.37. The molecule has 1 aliphatic carbocycles. The Morgan fingerprint density at radius 2 is 1.71 bits per heavy atom. The van der Waals surface area contributed by atoms with Gasteiger partial charge in [0, 0.05) is 12.8 Å². The number of carbonyl (C=O) groups is 3. The first-order valence-corrected chi connectivity index (χ1v) is 6.62. The molecule has 0 aromatic heterocycles. The SMILES string of the molecule is CCCCCCC1CC(=O)C(C(C)=O)C(=O)C1. The molecule has 96 valence electrons. The van der Waals surface area contributed by atoms with Crippen LogP contribution in [0.2, 0.25) is 0 Å². The molecule has 0 aromatic carbocycles. The average molecular weight is 238 g/mol. The summed E-state index contributed by atoms with van der Waals surface area (Å²) in [7, 11) is 0. The first-order chi connectivity index (χ1) is 8.06. The molecule has 0 aliphatic heterocycles. The quantitative estimate of drug-likeness (QED) is 0.528. The summed E-state index contributed by atoms with van der Waals surface area (Å²) >= 11 is 0. The zero-order valence-electron chi connectivity index (χ0n) is 10.8. The Balaban J connectivity index is 2.40. The molecule has 0 heterocycles. The van der Waals surface area contributed by atoms with E-state index in [4.69, 9.17) is 0 Å². The lowest BCUT2D eigenvalue weighted by atomic mass is 9.76. The van der Waals surface area contributed by atoms with Crippen molar-refractivity contribution >= 4 is 17.3 Å². The van der Waals surface area contributed by atoms with E-state index in [9.17, 15) is 14.4 Å². The molecule has 0 atom stereocenters. The largest absolute Gasteiger partial charge is 0.299 e. The lowest BCUT2D eigenvalue weighted by molar-refractivity contribution is -0.142. The van der Waals surface area contributed by atoms with Crippen LogP contribution in [0.25, 0.3) is 0 Å². The monoisotopic (exact) mass is 238 g/mol. The van der Waals surface area contributed by atoms with Crippen LogP contribution in [0.3, 0.4) is 0 Å². The predicted molar refractivity (Wildman–Crippen MR) is 65.7 cm³/mol. The van der Waals surface area contributed by atoms with E-state index in [1.807, 2.05) is 0 Å². The minimum atomic E-state index is -0.943. The minimum absolute atomic E-state index is 0.158. The van der Waals surface area contributed by atoms with Crippen molar-refractivity contribution in [2.45, 2.75) is 58.8 Å². The van der Waals surface area contributed by atoms with E-state index in [0.717, 1.165) is 12.8 Å². The molecule has 0 unspecified atom stereocenters. The molecule has 3 heteroatoms. The third-order valence-electron chi connectivity index (χ3n) is 3.50. The number of hydrogen-bond donors (Lipinski definition) is 0. The second-order valence-electron chi connectivity index (χ2n) is 5.10. The number of Topliss-reactive ketones (excluding diaryl/α,β-unsaturated/α-hetero) is 3. The van der Waals surface area contributed by atoms with Crippen LogP contribution in [0.4, 0.5) is 0 Å². The van der Waals surface area contributed by atoms with E-state index in [0.29, 0.717) is 12.8 Å². The summed E-state index contributed by atoms with van der Waals surface area (Å²) in [5, 5.41) is 0. The number of unbranched alkanes of at least 4 members (excludes halogenated alkanes) is 3. The molecule has 0 radical (unpaired) electrons. The van der Waals surface area contributed by atoms with Crippen molar-refractivity contribution in [1.82, 2.24) is 0 Å². The van der Waals surface area contributed by atoms with Crippen LogP contribution >= 0.6 is 0 Å². The van der Waals surface area contributed by atoms with Gasteiger partial charge in [0.05, 0.1) is 0 Å². The molecular formula is C14H22O3. The van der Waals surface area contributed by atoms with Gasteiger partial charge >= 0.3 is 0 Å². The number of ketones is 3. The fraction of sp³-hybridized carbons (Fsp3) is 0.786. The van der Waals surface area contributed by atoms with E-state index < -0.39 is 5.92 Å². The van der Waals surface area contributed by atoms with Crippen molar-refractivity contribution in [2.75, 3.05) is 0 Å². The highest BCUT2D eigenvalue weighted by atomic mass is 16.2. The molecule has 1 rings (SSSR count). The van der Waals surface area contributed by atoms with Gasteiger partial charge in [0.2, 0.25) is 0 Å². The Morgan fingerprint density at radius 1 is 1.12 bits per heavy atom. The van der Waals surface area contributed by atoms with Gasteiger partial charge < -0.3 is 0 Å². The Bertz CT molecular complexity index is 289. The molecule has 1 fully saturated rings. The highest BCUT2D eigenvalue weighted by molar-refractivity contribution is 6.20. The van der Waals surface area contributed by atoms with Gasteiger partial charge in [-0.05, 0) is 19.3 Å². The number of rotatable bonds is 6. The maximum atomic E-state index is 11.7. The van der Waals surface area contributed by atoms with Gasteiger partial charge in [0.25, 0.3) is 0 Å². The van der Waals surface area contributed by atoms with Crippen LogP contribution in [0.1, 0.15) is 58.8 Å². The molecule has 3 nitrogen and oxygen atoms in total. The predicted octanol–water partition coefficient (Wildman–Crippen LogP) is 2.71. The van der Waals surface area contributed by atoms with Gasteiger partial charge in [0.15, 0.2) is 11.6 Å². The summed E-state index contributed by atoms with van der Waals surface area (Å²) in [6.07, 6.45) is 6.45. The smallest absolute Gasteiger partial charge is 0.151 e. The maximum absolute atomic E-state index is 11.7.